The van der Waals surface area contributed by atoms with Gasteiger partial charge in [-0.25, -0.2) is 8.42 Å². The number of morpholine rings is 1. The Bertz CT molecular complexity index is 1080. The molecular weight excluding hydrogens is 430 g/mol. The lowest BCUT2D eigenvalue weighted by molar-refractivity contribution is 0.0300. The molecule has 0 spiro atoms. The van der Waals surface area contributed by atoms with Gasteiger partial charge in [-0.15, -0.1) is 0 Å². The topological polar surface area (TPSA) is 88.0 Å². The Labute approximate surface area is 189 Å². The van der Waals surface area contributed by atoms with E-state index in [2.05, 4.69) is 36.0 Å². The SMILES string of the molecule is CCn1cc(C(=O)N2CCOCC2)c(S(=O)(=O)N2CCN(c3cccc(C)c3C)CC2)n1. The first-order valence-electron chi connectivity index (χ1n) is 11.1. The normalized spacial score (nSPS) is 18.2. The number of sulfonamides is 1. The fourth-order valence-electron chi connectivity index (χ4n) is 4.21. The van der Waals surface area contributed by atoms with E-state index in [1.54, 1.807) is 11.1 Å². The van der Waals surface area contributed by atoms with Crippen molar-refractivity contribution in [2.24, 2.45) is 0 Å². The van der Waals surface area contributed by atoms with E-state index in [-0.39, 0.29) is 16.5 Å². The number of benzene rings is 1. The van der Waals surface area contributed by atoms with Gasteiger partial charge in [0.2, 0.25) is 5.03 Å². The van der Waals surface area contributed by atoms with Crippen molar-refractivity contribution in [3.05, 3.63) is 41.1 Å². The number of amides is 1. The van der Waals surface area contributed by atoms with E-state index in [0.29, 0.717) is 59.0 Å². The number of nitrogens with zero attached hydrogens (tertiary/aromatic N) is 5. The lowest BCUT2D eigenvalue weighted by Gasteiger charge is -2.36. The number of aromatic nitrogens is 2. The molecule has 0 unspecified atom stereocenters. The largest absolute Gasteiger partial charge is 0.378 e. The Kier molecular flexibility index (Phi) is 6.55. The number of piperazine rings is 1. The summed E-state index contributed by atoms with van der Waals surface area (Å²) in [5.74, 6) is -0.305. The van der Waals surface area contributed by atoms with Gasteiger partial charge in [0.1, 0.15) is 0 Å². The van der Waals surface area contributed by atoms with Gasteiger partial charge < -0.3 is 14.5 Å². The number of rotatable bonds is 5. The third kappa shape index (κ3) is 4.26. The van der Waals surface area contributed by atoms with Gasteiger partial charge in [0.25, 0.3) is 15.9 Å². The number of hydrogen-bond acceptors (Lipinski definition) is 6. The van der Waals surface area contributed by atoms with Gasteiger partial charge >= 0.3 is 0 Å². The Morgan fingerprint density at radius 3 is 2.41 bits per heavy atom. The van der Waals surface area contributed by atoms with Gasteiger partial charge in [-0.2, -0.15) is 9.40 Å². The fourth-order valence-corrected chi connectivity index (χ4v) is 5.72. The maximum absolute atomic E-state index is 13.5. The van der Waals surface area contributed by atoms with E-state index in [9.17, 15) is 13.2 Å². The zero-order valence-corrected chi connectivity index (χ0v) is 19.8. The first kappa shape index (κ1) is 22.8. The molecule has 2 saturated heterocycles. The summed E-state index contributed by atoms with van der Waals surface area (Å²) < 4.78 is 35.3. The molecule has 3 heterocycles. The monoisotopic (exact) mass is 461 g/mol. The maximum atomic E-state index is 13.5. The summed E-state index contributed by atoms with van der Waals surface area (Å²) in [6, 6.07) is 6.19. The van der Waals surface area contributed by atoms with Crippen LogP contribution in [0.5, 0.6) is 0 Å². The molecule has 2 fully saturated rings. The number of carbonyl (C=O) groups is 1. The maximum Gasteiger partial charge on any atom is 0.263 e. The summed E-state index contributed by atoms with van der Waals surface area (Å²) in [5, 5.41) is 4.15. The van der Waals surface area contributed by atoms with Gasteiger partial charge in [0.05, 0.1) is 18.8 Å². The summed E-state index contributed by atoms with van der Waals surface area (Å²) in [4.78, 5) is 17.0. The third-order valence-electron chi connectivity index (χ3n) is 6.32. The predicted molar refractivity (Wildman–Crippen MR) is 122 cm³/mol. The van der Waals surface area contributed by atoms with Gasteiger partial charge in [-0.05, 0) is 38.0 Å². The zero-order valence-electron chi connectivity index (χ0n) is 19.0. The molecule has 10 heteroatoms. The Balaban J connectivity index is 1.56. The third-order valence-corrected chi connectivity index (χ3v) is 8.16. The van der Waals surface area contributed by atoms with Crippen LogP contribution in [-0.2, 0) is 21.3 Å². The van der Waals surface area contributed by atoms with Gasteiger partial charge in [-0.3, -0.25) is 9.48 Å². The number of anilines is 1. The highest BCUT2D eigenvalue weighted by Gasteiger charge is 2.36. The van der Waals surface area contributed by atoms with Crippen LogP contribution in [-0.4, -0.2) is 85.8 Å². The molecular formula is C22H31N5O4S. The number of aryl methyl sites for hydroxylation is 2. The van der Waals surface area contributed by atoms with Crippen LogP contribution in [0.1, 0.15) is 28.4 Å². The second-order valence-electron chi connectivity index (χ2n) is 8.22. The van der Waals surface area contributed by atoms with Crippen molar-refractivity contribution in [2.45, 2.75) is 32.3 Å². The van der Waals surface area contributed by atoms with Crippen LogP contribution in [0.3, 0.4) is 0 Å². The van der Waals surface area contributed by atoms with Crippen LogP contribution in [0.4, 0.5) is 5.69 Å². The number of ether oxygens (including phenoxy) is 1. The summed E-state index contributed by atoms with van der Waals surface area (Å²) in [5.41, 5.74) is 3.71. The second-order valence-corrected chi connectivity index (χ2v) is 10.1. The van der Waals surface area contributed by atoms with Crippen LogP contribution in [0, 0.1) is 13.8 Å². The predicted octanol–water partition coefficient (Wildman–Crippen LogP) is 1.50. The van der Waals surface area contributed by atoms with Crippen molar-refractivity contribution >= 4 is 21.6 Å². The molecule has 1 amide bonds. The average molecular weight is 462 g/mol. The lowest BCUT2D eigenvalue weighted by atomic mass is 10.1. The van der Waals surface area contributed by atoms with Crippen molar-refractivity contribution in [2.75, 3.05) is 57.4 Å². The van der Waals surface area contributed by atoms with E-state index in [4.69, 9.17) is 4.74 Å². The van der Waals surface area contributed by atoms with Crippen molar-refractivity contribution in [1.29, 1.82) is 0 Å². The molecule has 2 aromatic rings. The van der Waals surface area contributed by atoms with Crippen LogP contribution < -0.4 is 4.90 Å². The fraction of sp³-hybridized carbons (Fsp3) is 0.545. The first-order chi connectivity index (χ1) is 15.3. The van der Waals surface area contributed by atoms with Crippen molar-refractivity contribution < 1.29 is 17.9 Å². The molecule has 2 aliphatic heterocycles. The summed E-state index contributed by atoms with van der Waals surface area (Å²) in [7, 11) is -3.89. The molecule has 2 aliphatic rings. The minimum absolute atomic E-state index is 0.143. The number of hydrogen-bond donors (Lipinski definition) is 0. The Morgan fingerprint density at radius 1 is 1.06 bits per heavy atom. The molecule has 1 aromatic carbocycles. The Hall–Kier alpha value is -2.43. The summed E-state index contributed by atoms with van der Waals surface area (Å²) >= 11 is 0. The molecule has 0 aliphatic carbocycles. The second kappa shape index (κ2) is 9.21. The lowest BCUT2D eigenvalue weighted by Crippen LogP contribution is -2.49. The molecule has 174 valence electrons. The molecule has 0 N–H and O–H groups in total. The highest BCUT2D eigenvalue weighted by molar-refractivity contribution is 7.89. The average Bonchev–Trinajstić information content (AvgIpc) is 3.27. The van der Waals surface area contributed by atoms with Crippen molar-refractivity contribution in [1.82, 2.24) is 19.0 Å². The van der Waals surface area contributed by atoms with Crippen LogP contribution in [0.15, 0.2) is 29.4 Å². The minimum Gasteiger partial charge on any atom is -0.378 e. The molecule has 32 heavy (non-hydrogen) atoms. The highest BCUT2D eigenvalue weighted by atomic mass is 32.2. The van der Waals surface area contributed by atoms with Crippen LogP contribution in [0.25, 0.3) is 0 Å². The van der Waals surface area contributed by atoms with Crippen LogP contribution in [0.2, 0.25) is 0 Å². The zero-order chi connectivity index (χ0) is 22.9. The first-order valence-corrected chi connectivity index (χ1v) is 12.5. The summed E-state index contributed by atoms with van der Waals surface area (Å²) in [6.07, 6.45) is 1.55. The molecule has 0 saturated carbocycles. The molecule has 1 aromatic heterocycles. The van der Waals surface area contributed by atoms with Gasteiger partial charge in [-0.1, -0.05) is 12.1 Å². The minimum atomic E-state index is -3.89. The van der Waals surface area contributed by atoms with E-state index >= 15 is 0 Å². The smallest absolute Gasteiger partial charge is 0.263 e. The van der Waals surface area contributed by atoms with E-state index in [0.717, 1.165) is 5.69 Å². The molecule has 0 atom stereocenters. The van der Waals surface area contributed by atoms with E-state index in [1.165, 1.54) is 20.1 Å². The Morgan fingerprint density at radius 2 is 1.75 bits per heavy atom. The quantitative estimate of drug-likeness (QED) is 0.671. The molecule has 4 rings (SSSR count). The highest BCUT2D eigenvalue weighted by Crippen LogP contribution is 2.27. The van der Waals surface area contributed by atoms with Crippen molar-refractivity contribution in [3.8, 4) is 0 Å². The number of carbonyl (C=O) groups excluding carboxylic acids is 1. The van der Waals surface area contributed by atoms with E-state index in [1.807, 2.05) is 13.0 Å². The van der Waals surface area contributed by atoms with Gasteiger partial charge in [0.15, 0.2) is 0 Å². The summed E-state index contributed by atoms with van der Waals surface area (Å²) in [6.45, 7) is 10.2. The van der Waals surface area contributed by atoms with Crippen LogP contribution >= 0.6 is 0 Å². The van der Waals surface area contributed by atoms with Gasteiger partial charge in [0, 0.05) is 57.7 Å². The molecule has 9 nitrogen and oxygen atoms in total. The standard InChI is InChI=1S/C22H31N5O4S/c1-4-26-16-19(22(28)25-12-14-31-15-13-25)21(23-26)32(29,30)27-10-8-24(9-11-27)20-7-5-6-17(2)18(20)3/h5-7,16H,4,8-15H2,1-3H3. The van der Waals surface area contributed by atoms with Crippen molar-refractivity contribution in [3.63, 3.8) is 0 Å². The van der Waals surface area contributed by atoms with E-state index < -0.39 is 10.0 Å². The molecule has 0 radical (unpaired) electrons. The molecule has 0 bridgehead atoms.